The number of ether oxygens (including phenoxy) is 1. The number of aromatic amines is 1. The summed E-state index contributed by atoms with van der Waals surface area (Å²) in [5.41, 5.74) is 0.337. The Hall–Kier alpha value is -1.45. The maximum absolute atomic E-state index is 10.9. The van der Waals surface area contributed by atoms with E-state index in [1.54, 1.807) is 6.92 Å². The minimum absolute atomic E-state index is 0.0342. The summed E-state index contributed by atoms with van der Waals surface area (Å²) >= 11 is 0. The zero-order valence-corrected chi connectivity index (χ0v) is 6.13. The Labute approximate surface area is 63.8 Å². The van der Waals surface area contributed by atoms with Crippen LogP contribution < -0.4 is 0 Å². The number of carbonyl (C=O) groups excluding carboxylic acids is 1. The topological polar surface area (TPSA) is 62.3 Å². The first-order valence-electron chi connectivity index (χ1n) is 3.28. The highest BCUT2D eigenvalue weighted by atomic mass is 16.5. The molecule has 4 heteroatoms. The van der Waals surface area contributed by atoms with Gasteiger partial charge in [0.05, 0.1) is 12.2 Å². The third-order valence-corrected chi connectivity index (χ3v) is 1.18. The van der Waals surface area contributed by atoms with Crippen LogP contribution in [-0.2, 0) is 4.74 Å². The highest BCUT2D eigenvalue weighted by molar-refractivity contribution is 5.89. The molecule has 0 amide bonds. The van der Waals surface area contributed by atoms with E-state index in [1.165, 1.54) is 12.3 Å². The summed E-state index contributed by atoms with van der Waals surface area (Å²) in [5.74, 6) is -0.461. The molecule has 0 unspecified atom stereocenters. The van der Waals surface area contributed by atoms with Gasteiger partial charge in [-0.05, 0) is 6.92 Å². The van der Waals surface area contributed by atoms with Crippen LogP contribution in [0.25, 0.3) is 0 Å². The van der Waals surface area contributed by atoms with Crippen molar-refractivity contribution in [3.8, 4) is 5.88 Å². The van der Waals surface area contributed by atoms with Gasteiger partial charge in [0.15, 0.2) is 5.88 Å². The van der Waals surface area contributed by atoms with Gasteiger partial charge in [-0.25, -0.2) is 4.79 Å². The minimum Gasteiger partial charge on any atom is -0.495 e. The van der Waals surface area contributed by atoms with Crippen LogP contribution in [0.2, 0.25) is 0 Å². The molecule has 0 aliphatic carbocycles. The second-order valence-electron chi connectivity index (χ2n) is 1.99. The highest BCUT2D eigenvalue weighted by Crippen LogP contribution is 2.09. The van der Waals surface area contributed by atoms with Crippen LogP contribution >= 0.6 is 0 Å². The number of hydrogen-bond acceptors (Lipinski definition) is 3. The first kappa shape index (κ1) is 7.65. The van der Waals surface area contributed by atoms with Crippen molar-refractivity contribution in [1.82, 2.24) is 4.98 Å². The van der Waals surface area contributed by atoms with E-state index in [9.17, 15) is 4.79 Å². The molecule has 0 radical (unpaired) electrons. The van der Waals surface area contributed by atoms with Gasteiger partial charge < -0.3 is 14.8 Å². The van der Waals surface area contributed by atoms with E-state index in [1.807, 2.05) is 0 Å². The zero-order valence-electron chi connectivity index (χ0n) is 6.13. The van der Waals surface area contributed by atoms with Crippen molar-refractivity contribution in [1.29, 1.82) is 0 Å². The highest BCUT2D eigenvalue weighted by Gasteiger charge is 2.07. The fraction of sp³-hybridized carbons (Fsp3) is 0.286. The Balaban J connectivity index is 2.69. The lowest BCUT2D eigenvalue weighted by atomic mass is 10.3. The molecule has 0 fully saturated rings. The molecule has 11 heavy (non-hydrogen) atoms. The molecular weight excluding hydrogens is 146 g/mol. The van der Waals surface area contributed by atoms with Crippen LogP contribution in [0.3, 0.4) is 0 Å². The van der Waals surface area contributed by atoms with E-state index in [-0.39, 0.29) is 5.88 Å². The summed E-state index contributed by atoms with van der Waals surface area (Å²) in [6, 6.07) is 1.32. The van der Waals surface area contributed by atoms with Crippen molar-refractivity contribution in [2.45, 2.75) is 6.92 Å². The Morgan fingerprint density at radius 2 is 2.55 bits per heavy atom. The Bertz CT molecular complexity index is 254. The number of aromatic hydroxyl groups is 1. The van der Waals surface area contributed by atoms with Gasteiger partial charge in [-0.2, -0.15) is 0 Å². The Morgan fingerprint density at radius 1 is 1.82 bits per heavy atom. The second-order valence-corrected chi connectivity index (χ2v) is 1.99. The predicted octanol–water partition coefficient (Wildman–Crippen LogP) is 0.897. The molecule has 0 spiro atoms. The molecule has 4 nitrogen and oxygen atoms in total. The summed E-state index contributed by atoms with van der Waals surface area (Å²) in [6.07, 6.45) is 1.40. The zero-order chi connectivity index (χ0) is 8.27. The molecular formula is C7H9NO3. The van der Waals surface area contributed by atoms with E-state index in [0.717, 1.165) is 0 Å². The monoisotopic (exact) mass is 155 g/mol. The molecule has 0 bridgehead atoms. The fourth-order valence-corrected chi connectivity index (χ4v) is 0.715. The van der Waals surface area contributed by atoms with Gasteiger partial charge in [0.25, 0.3) is 0 Å². The molecule has 0 aliphatic rings. The molecule has 0 saturated heterocycles. The molecule has 0 aromatic carbocycles. The first-order chi connectivity index (χ1) is 5.24. The average Bonchev–Trinajstić information content (AvgIpc) is 2.36. The molecule has 0 aliphatic heterocycles. The van der Waals surface area contributed by atoms with E-state index >= 15 is 0 Å². The van der Waals surface area contributed by atoms with Gasteiger partial charge >= 0.3 is 5.97 Å². The lowest BCUT2D eigenvalue weighted by Crippen LogP contribution is -2.02. The third kappa shape index (κ3) is 1.73. The summed E-state index contributed by atoms with van der Waals surface area (Å²) in [4.78, 5) is 13.4. The van der Waals surface area contributed by atoms with Crippen molar-refractivity contribution in [2.24, 2.45) is 0 Å². The number of nitrogens with one attached hydrogen (secondary N) is 1. The standard InChI is InChI=1S/C7H9NO3/c1-2-11-7(10)5-3-6(9)8-4-5/h3-4,8-9H,2H2,1H3. The predicted molar refractivity (Wildman–Crippen MR) is 38.4 cm³/mol. The summed E-state index contributed by atoms with van der Waals surface area (Å²) in [6.45, 7) is 2.06. The van der Waals surface area contributed by atoms with E-state index < -0.39 is 5.97 Å². The summed E-state index contributed by atoms with van der Waals surface area (Å²) in [7, 11) is 0. The number of rotatable bonds is 2. The molecule has 1 aromatic heterocycles. The number of hydrogen-bond donors (Lipinski definition) is 2. The molecule has 60 valence electrons. The van der Waals surface area contributed by atoms with E-state index in [0.29, 0.717) is 12.2 Å². The van der Waals surface area contributed by atoms with Crippen molar-refractivity contribution in [2.75, 3.05) is 6.61 Å². The third-order valence-electron chi connectivity index (χ3n) is 1.18. The second kappa shape index (κ2) is 3.09. The molecule has 2 N–H and O–H groups in total. The van der Waals surface area contributed by atoms with Gasteiger partial charge in [-0.15, -0.1) is 0 Å². The average molecular weight is 155 g/mol. The maximum Gasteiger partial charge on any atom is 0.339 e. The van der Waals surface area contributed by atoms with Crippen LogP contribution in [0, 0.1) is 0 Å². The molecule has 1 heterocycles. The van der Waals surface area contributed by atoms with Gasteiger partial charge in [0.1, 0.15) is 0 Å². The van der Waals surface area contributed by atoms with Crippen molar-refractivity contribution >= 4 is 5.97 Å². The number of aromatic nitrogens is 1. The van der Waals surface area contributed by atoms with Gasteiger partial charge in [-0.1, -0.05) is 0 Å². The van der Waals surface area contributed by atoms with Crippen molar-refractivity contribution < 1.29 is 14.6 Å². The van der Waals surface area contributed by atoms with Gasteiger partial charge in [0.2, 0.25) is 0 Å². The molecule has 0 atom stereocenters. The van der Waals surface area contributed by atoms with Crippen LogP contribution in [-0.4, -0.2) is 22.7 Å². The normalized spacial score (nSPS) is 9.55. The number of esters is 1. The molecule has 1 aromatic rings. The lowest BCUT2D eigenvalue weighted by molar-refractivity contribution is 0.0526. The van der Waals surface area contributed by atoms with Crippen molar-refractivity contribution in [3.63, 3.8) is 0 Å². The van der Waals surface area contributed by atoms with E-state index in [4.69, 9.17) is 5.11 Å². The van der Waals surface area contributed by atoms with Crippen LogP contribution in [0.1, 0.15) is 17.3 Å². The smallest absolute Gasteiger partial charge is 0.339 e. The summed E-state index contributed by atoms with van der Waals surface area (Å²) < 4.78 is 4.67. The maximum atomic E-state index is 10.9. The van der Waals surface area contributed by atoms with Gasteiger partial charge in [-0.3, -0.25) is 0 Å². The van der Waals surface area contributed by atoms with E-state index in [2.05, 4.69) is 9.72 Å². The van der Waals surface area contributed by atoms with Crippen LogP contribution in [0.5, 0.6) is 5.88 Å². The fourth-order valence-electron chi connectivity index (χ4n) is 0.715. The Morgan fingerprint density at radius 3 is 3.00 bits per heavy atom. The minimum atomic E-state index is -0.427. The van der Waals surface area contributed by atoms with Crippen molar-refractivity contribution in [3.05, 3.63) is 17.8 Å². The SMILES string of the molecule is CCOC(=O)c1c[nH]c(O)c1. The van der Waals surface area contributed by atoms with Gasteiger partial charge in [0, 0.05) is 12.3 Å². The molecule has 0 saturated carbocycles. The first-order valence-corrected chi connectivity index (χ1v) is 3.28. The Kier molecular flexibility index (Phi) is 2.15. The number of carbonyl (C=O) groups is 1. The largest absolute Gasteiger partial charge is 0.495 e. The van der Waals surface area contributed by atoms with Crippen LogP contribution in [0.4, 0.5) is 0 Å². The summed E-state index contributed by atoms with van der Waals surface area (Å²) in [5, 5.41) is 8.81. The van der Waals surface area contributed by atoms with Crippen LogP contribution in [0.15, 0.2) is 12.3 Å². The molecule has 1 rings (SSSR count). The lowest BCUT2D eigenvalue weighted by Gasteiger charge is -1.95. The quantitative estimate of drug-likeness (QED) is 0.623. The number of H-pyrrole nitrogens is 1.